The molecule has 0 aliphatic rings. The molecule has 5 nitrogen and oxygen atoms in total. The molecule has 0 unspecified atom stereocenters. The van der Waals surface area contributed by atoms with Crippen molar-refractivity contribution in [3.05, 3.63) is 47.3 Å². The summed E-state index contributed by atoms with van der Waals surface area (Å²) in [5, 5.41) is 20.5. The topological polar surface area (TPSA) is 85.4 Å². The summed E-state index contributed by atoms with van der Waals surface area (Å²) in [4.78, 5) is 8.22. The monoisotopic (exact) mass is 235 g/mol. The Bertz CT molecular complexity index is 647. The molecule has 1 aromatic carbocycles. The molecule has 2 aromatic rings. The highest BCUT2D eigenvalue weighted by Crippen LogP contribution is 2.14. The molecular weight excluding hydrogens is 226 g/mol. The van der Waals surface area contributed by atoms with Crippen molar-refractivity contribution in [3.63, 3.8) is 0 Å². The van der Waals surface area contributed by atoms with Crippen molar-refractivity contribution in [1.82, 2.24) is 9.97 Å². The maximum atomic E-state index is 8.82. The Hall–Kier alpha value is -2.92. The molecule has 18 heavy (non-hydrogen) atoms. The van der Waals surface area contributed by atoms with Crippen LogP contribution in [-0.2, 0) is 0 Å². The van der Waals surface area contributed by atoms with E-state index in [1.54, 1.807) is 37.3 Å². The number of anilines is 2. The van der Waals surface area contributed by atoms with Gasteiger partial charge in [-0.1, -0.05) is 0 Å². The summed E-state index contributed by atoms with van der Waals surface area (Å²) in [5.41, 5.74) is 2.39. The molecule has 5 heteroatoms. The highest BCUT2D eigenvalue weighted by atomic mass is 15.1. The van der Waals surface area contributed by atoms with E-state index in [1.807, 2.05) is 12.1 Å². The molecule has 0 atom stereocenters. The molecule has 0 saturated carbocycles. The van der Waals surface area contributed by atoms with Crippen LogP contribution in [0.15, 0.2) is 30.3 Å². The van der Waals surface area contributed by atoms with Crippen LogP contribution in [0.2, 0.25) is 0 Å². The molecule has 1 heterocycles. The van der Waals surface area contributed by atoms with E-state index in [9.17, 15) is 0 Å². The standard InChI is InChI=1S/C13H9N5/c1-9-6-12(8-15)18-13(16-9)17-11-4-2-10(7-14)3-5-11/h2-6H,1H3,(H,16,17,18). The van der Waals surface area contributed by atoms with Gasteiger partial charge in [0.25, 0.3) is 0 Å². The minimum absolute atomic E-state index is 0.318. The van der Waals surface area contributed by atoms with Gasteiger partial charge in [-0.2, -0.15) is 10.5 Å². The number of hydrogen-bond donors (Lipinski definition) is 1. The van der Waals surface area contributed by atoms with Crippen molar-refractivity contribution in [3.8, 4) is 12.1 Å². The van der Waals surface area contributed by atoms with E-state index in [0.717, 1.165) is 11.4 Å². The van der Waals surface area contributed by atoms with Gasteiger partial charge in [0.2, 0.25) is 5.95 Å². The third-order valence-electron chi connectivity index (χ3n) is 2.24. The van der Waals surface area contributed by atoms with Crippen molar-refractivity contribution >= 4 is 11.6 Å². The van der Waals surface area contributed by atoms with Crippen molar-refractivity contribution in [2.75, 3.05) is 5.32 Å². The average molecular weight is 235 g/mol. The van der Waals surface area contributed by atoms with Crippen LogP contribution >= 0.6 is 0 Å². The van der Waals surface area contributed by atoms with Crippen molar-refractivity contribution in [1.29, 1.82) is 10.5 Å². The molecule has 0 amide bonds. The molecule has 0 fully saturated rings. The van der Waals surface area contributed by atoms with Gasteiger partial charge in [0.15, 0.2) is 0 Å². The van der Waals surface area contributed by atoms with Crippen molar-refractivity contribution in [2.45, 2.75) is 6.92 Å². The zero-order valence-electron chi connectivity index (χ0n) is 9.68. The molecule has 0 aliphatic heterocycles. The second kappa shape index (κ2) is 4.94. The maximum Gasteiger partial charge on any atom is 0.228 e. The summed E-state index contributed by atoms with van der Waals surface area (Å²) in [6, 6.07) is 12.6. The molecule has 2 rings (SSSR count). The molecule has 86 valence electrons. The minimum atomic E-state index is 0.318. The molecule has 1 N–H and O–H groups in total. The summed E-state index contributed by atoms with van der Waals surface area (Å²) in [5.74, 6) is 0.372. The lowest BCUT2D eigenvalue weighted by Gasteiger charge is -2.05. The van der Waals surface area contributed by atoms with Gasteiger partial charge in [-0.3, -0.25) is 0 Å². The van der Waals surface area contributed by atoms with Gasteiger partial charge in [-0.05, 0) is 37.3 Å². The summed E-state index contributed by atoms with van der Waals surface area (Å²) in [7, 11) is 0. The van der Waals surface area contributed by atoms with Crippen LogP contribution in [0.3, 0.4) is 0 Å². The predicted molar refractivity (Wildman–Crippen MR) is 65.9 cm³/mol. The second-order valence-electron chi connectivity index (χ2n) is 3.64. The number of benzene rings is 1. The Morgan fingerprint density at radius 2 is 1.78 bits per heavy atom. The van der Waals surface area contributed by atoms with E-state index in [0.29, 0.717) is 17.2 Å². The van der Waals surface area contributed by atoms with E-state index in [-0.39, 0.29) is 0 Å². The number of hydrogen-bond acceptors (Lipinski definition) is 5. The summed E-state index contributed by atoms with van der Waals surface area (Å²) >= 11 is 0. The number of aryl methyl sites for hydroxylation is 1. The Kier molecular flexibility index (Phi) is 3.17. The first-order valence-corrected chi connectivity index (χ1v) is 5.24. The highest BCUT2D eigenvalue weighted by Gasteiger charge is 2.02. The van der Waals surface area contributed by atoms with E-state index in [4.69, 9.17) is 10.5 Å². The number of rotatable bonds is 2. The number of nitrogens with zero attached hydrogens (tertiary/aromatic N) is 4. The normalized spacial score (nSPS) is 9.28. The van der Waals surface area contributed by atoms with E-state index < -0.39 is 0 Å². The smallest absolute Gasteiger partial charge is 0.228 e. The Morgan fingerprint density at radius 1 is 1.06 bits per heavy atom. The van der Waals surface area contributed by atoms with Crippen LogP contribution in [0, 0.1) is 29.6 Å². The van der Waals surface area contributed by atoms with Crippen LogP contribution in [0.4, 0.5) is 11.6 Å². The van der Waals surface area contributed by atoms with Crippen molar-refractivity contribution < 1.29 is 0 Å². The minimum Gasteiger partial charge on any atom is -0.324 e. The first kappa shape index (κ1) is 11.6. The highest BCUT2D eigenvalue weighted by molar-refractivity contribution is 5.55. The van der Waals surface area contributed by atoms with Gasteiger partial charge < -0.3 is 5.32 Å². The maximum absolute atomic E-state index is 8.82. The van der Waals surface area contributed by atoms with Crippen molar-refractivity contribution in [2.24, 2.45) is 0 Å². The van der Waals surface area contributed by atoms with Gasteiger partial charge in [0.1, 0.15) is 11.8 Å². The average Bonchev–Trinajstić information content (AvgIpc) is 2.39. The van der Waals surface area contributed by atoms with Gasteiger partial charge in [-0.25, -0.2) is 9.97 Å². The lowest BCUT2D eigenvalue weighted by molar-refractivity contribution is 1.09. The quantitative estimate of drug-likeness (QED) is 0.862. The fraction of sp³-hybridized carbons (Fsp3) is 0.0769. The third kappa shape index (κ3) is 2.60. The van der Waals surface area contributed by atoms with Crippen LogP contribution in [0.5, 0.6) is 0 Å². The van der Waals surface area contributed by atoms with Gasteiger partial charge in [-0.15, -0.1) is 0 Å². The van der Waals surface area contributed by atoms with E-state index in [2.05, 4.69) is 15.3 Å². The zero-order chi connectivity index (χ0) is 13.0. The van der Waals surface area contributed by atoms with E-state index >= 15 is 0 Å². The summed E-state index contributed by atoms with van der Waals surface area (Å²) < 4.78 is 0. The molecule has 0 spiro atoms. The molecule has 0 radical (unpaired) electrons. The van der Waals surface area contributed by atoms with Crippen LogP contribution in [-0.4, -0.2) is 9.97 Å². The van der Waals surface area contributed by atoms with Crippen LogP contribution < -0.4 is 5.32 Å². The molecule has 1 aromatic heterocycles. The second-order valence-corrected chi connectivity index (χ2v) is 3.64. The summed E-state index contributed by atoms with van der Waals surface area (Å²) in [6.45, 7) is 1.80. The lowest BCUT2D eigenvalue weighted by atomic mass is 10.2. The fourth-order valence-corrected chi connectivity index (χ4v) is 1.44. The van der Waals surface area contributed by atoms with Crippen LogP contribution in [0.1, 0.15) is 17.0 Å². The SMILES string of the molecule is Cc1cc(C#N)nc(Nc2ccc(C#N)cc2)n1. The predicted octanol–water partition coefficient (Wildman–Crippen LogP) is 2.27. The number of nitriles is 2. The number of aromatic nitrogens is 2. The van der Waals surface area contributed by atoms with Gasteiger partial charge in [0.05, 0.1) is 11.6 Å². The Labute approximate surface area is 104 Å². The Balaban J connectivity index is 2.26. The fourth-order valence-electron chi connectivity index (χ4n) is 1.44. The molecular formula is C13H9N5. The van der Waals surface area contributed by atoms with E-state index in [1.165, 1.54) is 0 Å². The number of nitrogens with one attached hydrogen (secondary N) is 1. The zero-order valence-corrected chi connectivity index (χ0v) is 9.68. The first-order chi connectivity index (χ1) is 8.71. The van der Waals surface area contributed by atoms with Gasteiger partial charge in [0, 0.05) is 11.4 Å². The Morgan fingerprint density at radius 3 is 2.39 bits per heavy atom. The molecule has 0 aliphatic carbocycles. The van der Waals surface area contributed by atoms with Crippen LogP contribution in [0.25, 0.3) is 0 Å². The summed E-state index contributed by atoms with van der Waals surface area (Å²) in [6.07, 6.45) is 0. The first-order valence-electron chi connectivity index (χ1n) is 5.24. The largest absolute Gasteiger partial charge is 0.324 e. The molecule has 0 bridgehead atoms. The van der Waals surface area contributed by atoms with Gasteiger partial charge >= 0.3 is 0 Å². The third-order valence-corrected chi connectivity index (χ3v) is 2.24. The lowest BCUT2D eigenvalue weighted by Crippen LogP contribution is -2.00. The molecule has 0 saturated heterocycles.